The highest BCUT2D eigenvalue weighted by Gasteiger charge is 2.32. The number of hydrogen-bond acceptors (Lipinski definition) is 4. The van der Waals surface area contributed by atoms with Crippen molar-refractivity contribution in [2.45, 2.75) is 19.3 Å². The van der Waals surface area contributed by atoms with Crippen LogP contribution in [0, 0.1) is 5.41 Å². The maximum atomic E-state index is 10.8. The summed E-state index contributed by atoms with van der Waals surface area (Å²) in [6.45, 7) is 2.43. The molecule has 0 aliphatic carbocycles. The Hall–Kier alpha value is -3.80. The molecule has 3 aromatic carbocycles. The third-order valence-electron chi connectivity index (χ3n) is 6.58. The van der Waals surface area contributed by atoms with Crippen LogP contribution >= 0.6 is 0 Å². The van der Waals surface area contributed by atoms with Crippen molar-refractivity contribution in [1.82, 2.24) is 9.97 Å². The predicted molar refractivity (Wildman–Crippen MR) is 131 cm³/mol. The Labute approximate surface area is 186 Å². The number of rotatable bonds is 3. The molecule has 0 unspecified atom stereocenters. The average Bonchev–Trinajstić information content (AvgIpc) is 3.38. The van der Waals surface area contributed by atoms with Gasteiger partial charge < -0.3 is 19.9 Å². The van der Waals surface area contributed by atoms with Crippen LogP contribution in [0.25, 0.3) is 27.4 Å². The average molecular weight is 424 g/mol. The fourth-order valence-electron chi connectivity index (χ4n) is 4.94. The van der Waals surface area contributed by atoms with E-state index >= 15 is 0 Å². The largest absolute Gasteiger partial charge is 0.509 e. The molecule has 0 atom stereocenters. The minimum absolute atomic E-state index is 0.165. The zero-order valence-electron chi connectivity index (χ0n) is 17.8. The number of nitrogens with one attached hydrogen (secondary N) is 2. The molecule has 3 N–H and O–H groups in total. The Balaban J connectivity index is 1.35. The summed E-state index contributed by atoms with van der Waals surface area (Å²) in [5.74, 6) is 0.966. The van der Waals surface area contributed by atoms with Gasteiger partial charge in [0.25, 0.3) is 0 Å². The summed E-state index contributed by atoms with van der Waals surface area (Å²) >= 11 is 0. The van der Waals surface area contributed by atoms with Crippen LogP contribution in [-0.2, 0) is 0 Å². The third kappa shape index (κ3) is 3.02. The number of piperidine rings is 1. The zero-order chi connectivity index (χ0) is 21.7. The molecule has 6 heteroatoms. The van der Waals surface area contributed by atoms with Gasteiger partial charge in [-0.25, -0.2) is 4.98 Å². The van der Waals surface area contributed by atoms with Crippen LogP contribution in [0.15, 0.2) is 66.4 Å². The second kappa shape index (κ2) is 7.41. The fraction of sp³-hybridized carbons (Fsp3) is 0.231. The topological polar surface area (TPSA) is 79.2 Å². The van der Waals surface area contributed by atoms with Crippen LogP contribution < -0.4 is 9.80 Å². The Morgan fingerprint density at radius 2 is 1.75 bits per heavy atom. The standard InChI is InChI=1S/C26H25N5O/c27-25-24(23(32)16-31(25)22-10-6-8-17-7-2-3-9-19(17)22)26-28-20-12-11-18(15-21(20)29-26)30-13-4-1-5-14-30/h2-3,6-12,15,27,32H,1,4-5,13-14,16H2,(H,28,29). The molecule has 2 aliphatic rings. The molecule has 0 saturated carbocycles. The van der Waals surface area contributed by atoms with E-state index in [0.717, 1.165) is 40.6 Å². The van der Waals surface area contributed by atoms with Gasteiger partial charge >= 0.3 is 0 Å². The molecule has 1 fully saturated rings. The molecule has 1 aromatic heterocycles. The number of H-pyrrole nitrogens is 1. The molecule has 160 valence electrons. The predicted octanol–water partition coefficient (Wildman–Crippen LogP) is 5.47. The van der Waals surface area contributed by atoms with Crippen molar-refractivity contribution >= 4 is 44.6 Å². The van der Waals surface area contributed by atoms with Crippen LogP contribution in [0.5, 0.6) is 0 Å². The Bertz CT molecular complexity index is 1370. The number of nitrogens with zero attached hydrogens (tertiary/aromatic N) is 3. The first-order chi connectivity index (χ1) is 15.7. The van der Waals surface area contributed by atoms with Crippen LogP contribution in [0.1, 0.15) is 25.1 Å². The first-order valence-corrected chi connectivity index (χ1v) is 11.2. The van der Waals surface area contributed by atoms with Crippen molar-refractivity contribution in [3.8, 4) is 0 Å². The number of amidine groups is 1. The molecule has 6 rings (SSSR count). The molecule has 4 aromatic rings. The number of benzene rings is 3. The lowest BCUT2D eigenvalue weighted by Crippen LogP contribution is -2.29. The highest BCUT2D eigenvalue weighted by molar-refractivity contribution is 6.31. The summed E-state index contributed by atoms with van der Waals surface area (Å²) in [6.07, 6.45) is 3.76. The van der Waals surface area contributed by atoms with Gasteiger partial charge in [0, 0.05) is 24.2 Å². The quantitative estimate of drug-likeness (QED) is 0.408. The summed E-state index contributed by atoms with van der Waals surface area (Å²) < 4.78 is 0. The number of hydrogen-bond donors (Lipinski definition) is 3. The molecule has 6 nitrogen and oxygen atoms in total. The second-order valence-corrected chi connectivity index (χ2v) is 8.59. The zero-order valence-corrected chi connectivity index (χ0v) is 17.8. The van der Waals surface area contributed by atoms with Crippen molar-refractivity contribution in [3.05, 3.63) is 72.2 Å². The highest BCUT2D eigenvalue weighted by Crippen LogP contribution is 2.35. The Morgan fingerprint density at radius 1 is 0.938 bits per heavy atom. The summed E-state index contributed by atoms with van der Waals surface area (Å²) in [5.41, 5.74) is 4.36. The van der Waals surface area contributed by atoms with Crippen LogP contribution in [0.2, 0.25) is 0 Å². The summed E-state index contributed by atoms with van der Waals surface area (Å²) in [4.78, 5) is 12.3. The molecule has 1 saturated heterocycles. The first-order valence-electron chi connectivity index (χ1n) is 11.2. The number of aliphatic hydroxyl groups excluding tert-OH is 1. The van der Waals surface area contributed by atoms with Gasteiger partial charge in [0.15, 0.2) is 0 Å². The van der Waals surface area contributed by atoms with Crippen molar-refractivity contribution in [3.63, 3.8) is 0 Å². The van der Waals surface area contributed by atoms with E-state index in [4.69, 9.17) is 10.4 Å². The fourth-order valence-corrected chi connectivity index (χ4v) is 4.94. The Morgan fingerprint density at radius 3 is 2.62 bits per heavy atom. The summed E-state index contributed by atoms with van der Waals surface area (Å²) in [6, 6.07) is 20.4. The van der Waals surface area contributed by atoms with Crippen molar-refractivity contribution in [1.29, 1.82) is 5.41 Å². The maximum Gasteiger partial charge on any atom is 0.145 e. The van der Waals surface area contributed by atoms with E-state index in [1.54, 1.807) is 0 Å². The van der Waals surface area contributed by atoms with Crippen LogP contribution in [-0.4, -0.2) is 40.5 Å². The number of aromatic nitrogens is 2. The second-order valence-electron chi connectivity index (χ2n) is 8.59. The lowest BCUT2D eigenvalue weighted by Gasteiger charge is -2.28. The van der Waals surface area contributed by atoms with E-state index in [0.29, 0.717) is 11.4 Å². The molecule has 0 amide bonds. The molecule has 0 radical (unpaired) electrons. The SMILES string of the molecule is N=C1C(c2nc3ccc(N4CCCCC4)cc3[nH]2)=C(O)CN1c1cccc2ccccc12. The molecule has 0 spiro atoms. The highest BCUT2D eigenvalue weighted by atomic mass is 16.3. The van der Waals surface area contributed by atoms with Crippen LogP contribution in [0.4, 0.5) is 11.4 Å². The molecule has 0 bridgehead atoms. The van der Waals surface area contributed by atoms with E-state index in [9.17, 15) is 5.11 Å². The van der Waals surface area contributed by atoms with E-state index < -0.39 is 0 Å². The molecule has 2 aliphatic heterocycles. The van der Waals surface area contributed by atoms with Gasteiger partial charge in [-0.2, -0.15) is 0 Å². The summed E-state index contributed by atoms with van der Waals surface area (Å²) in [5, 5.41) is 21.9. The Kier molecular flexibility index (Phi) is 4.38. The number of aliphatic hydroxyl groups is 1. The third-order valence-corrected chi connectivity index (χ3v) is 6.58. The first kappa shape index (κ1) is 18.9. The molecule has 32 heavy (non-hydrogen) atoms. The normalized spacial score (nSPS) is 17.2. The van der Waals surface area contributed by atoms with E-state index in [-0.39, 0.29) is 18.1 Å². The maximum absolute atomic E-state index is 10.8. The van der Waals surface area contributed by atoms with Gasteiger partial charge in [0.1, 0.15) is 17.4 Å². The van der Waals surface area contributed by atoms with Crippen LogP contribution in [0.3, 0.4) is 0 Å². The van der Waals surface area contributed by atoms with Gasteiger partial charge in [-0.05, 0) is 48.9 Å². The minimum atomic E-state index is 0.165. The van der Waals surface area contributed by atoms with Gasteiger partial charge in [-0.15, -0.1) is 0 Å². The lowest BCUT2D eigenvalue weighted by molar-refractivity contribution is 0.411. The summed E-state index contributed by atoms with van der Waals surface area (Å²) in [7, 11) is 0. The monoisotopic (exact) mass is 423 g/mol. The minimum Gasteiger partial charge on any atom is -0.509 e. The van der Waals surface area contributed by atoms with Crippen molar-refractivity contribution < 1.29 is 5.11 Å². The lowest BCUT2D eigenvalue weighted by atomic mass is 10.1. The van der Waals surface area contributed by atoms with Gasteiger partial charge in [-0.3, -0.25) is 5.41 Å². The number of imidazole rings is 1. The number of aromatic amines is 1. The molecule has 3 heterocycles. The van der Waals surface area contributed by atoms with Crippen molar-refractivity contribution in [2.75, 3.05) is 29.4 Å². The van der Waals surface area contributed by atoms with Gasteiger partial charge in [0.05, 0.1) is 28.8 Å². The number of anilines is 2. The van der Waals surface area contributed by atoms with Gasteiger partial charge in [0.2, 0.25) is 0 Å². The van der Waals surface area contributed by atoms with E-state index in [2.05, 4.69) is 40.2 Å². The van der Waals surface area contributed by atoms with Gasteiger partial charge in [-0.1, -0.05) is 36.4 Å². The number of fused-ring (bicyclic) bond motifs is 2. The molecular weight excluding hydrogens is 398 g/mol. The van der Waals surface area contributed by atoms with E-state index in [1.165, 1.54) is 24.9 Å². The smallest absolute Gasteiger partial charge is 0.145 e. The molecular formula is C26H25N5O. The van der Waals surface area contributed by atoms with Crippen molar-refractivity contribution in [2.24, 2.45) is 0 Å². The van der Waals surface area contributed by atoms with E-state index in [1.807, 2.05) is 35.2 Å².